The summed E-state index contributed by atoms with van der Waals surface area (Å²) in [5.74, 6) is 5.91. The maximum atomic E-state index is 9.55. The molecule has 19 heavy (non-hydrogen) atoms. The van der Waals surface area contributed by atoms with Crippen molar-refractivity contribution in [2.45, 2.75) is 25.7 Å². The number of nitrogens with zero attached hydrogens (tertiary/aromatic N) is 3. The molecule has 106 valence electrons. The summed E-state index contributed by atoms with van der Waals surface area (Å²) in [4.78, 5) is 12.1. The number of nitrogens with two attached hydrogens (primary N) is 1. The molecular weight excluding hydrogens is 248 g/mol. The van der Waals surface area contributed by atoms with Gasteiger partial charge in [0, 0.05) is 12.0 Å². The van der Waals surface area contributed by atoms with E-state index < -0.39 is 0 Å². The van der Waals surface area contributed by atoms with E-state index in [0.29, 0.717) is 12.5 Å². The third-order valence-electron chi connectivity index (χ3n) is 3.55. The Bertz CT molecular complexity index is 399. The summed E-state index contributed by atoms with van der Waals surface area (Å²) in [7, 11) is 1.48. The number of aliphatic hydroxyl groups excluding tert-OH is 1. The number of hydrogen-bond acceptors (Lipinski definition) is 8. The Morgan fingerprint density at radius 2 is 1.95 bits per heavy atom. The lowest BCUT2D eigenvalue weighted by atomic mass is 9.87. The van der Waals surface area contributed by atoms with Gasteiger partial charge in [-0.1, -0.05) is 12.8 Å². The first-order chi connectivity index (χ1) is 9.21. The molecule has 0 saturated heterocycles. The average molecular weight is 268 g/mol. The van der Waals surface area contributed by atoms with Gasteiger partial charge in [-0.05, 0) is 12.8 Å². The summed E-state index contributed by atoms with van der Waals surface area (Å²) < 4.78 is 4.97. The highest BCUT2D eigenvalue weighted by Gasteiger charge is 2.33. The Labute approximate surface area is 111 Å². The number of ether oxygens (including phenoxy) is 1. The van der Waals surface area contributed by atoms with E-state index in [0.717, 1.165) is 25.7 Å². The molecule has 1 aromatic heterocycles. The molecule has 0 radical (unpaired) electrons. The van der Waals surface area contributed by atoms with Crippen molar-refractivity contribution in [2.24, 2.45) is 11.3 Å². The van der Waals surface area contributed by atoms with E-state index in [1.807, 2.05) is 0 Å². The van der Waals surface area contributed by atoms with Crippen molar-refractivity contribution in [3.63, 3.8) is 0 Å². The van der Waals surface area contributed by atoms with Crippen molar-refractivity contribution in [3.05, 3.63) is 0 Å². The molecule has 0 aliphatic heterocycles. The zero-order chi connectivity index (χ0) is 13.7. The Kier molecular flexibility index (Phi) is 4.33. The fraction of sp³-hybridized carbons (Fsp3) is 0.727. The second-order valence-electron chi connectivity index (χ2n) is 4.83. The summed E-state index contributed by atoms with van der Waals surface area (Å²) in [5, 5.41) is 12.7. The minimum Gasteiger partial charge on any atom is -0.467 e. The standard InChI is InChI=1S/C11H20N6O2/c1-19-10-15-8(14-9(16-10)17-12)13-6-11(7-18)4-2-3-5-11/h18H,2-7,12H2,1H3,(H2,13,14,15,16,17). The molecule has 0 aromatic carbocycles. The maximum Gasteiger partial charge on any atom is 0.322 e. The van der Waals surface area contributed by atoms with Gasteiger partial charge in [0.2, 0.25) is 11.9 Å². The van der Waals surface area contributed by atoms with Crippen LogP contribution in [0.4, 0.5) is 11.9 Å². The van der Waals surface area contributed by atoms with E-state index >= 15 is 0 Å². The number of methoxy groups -OCH3 is 1. The number of aliphatic hydroxyl groups is 1. The molecule has 1 aliphatic carbocycles. The zero-order valence-electron chi connectivity index (χ0n) is 11.0. The van der Waals surface area contributed by atoms with Crippen LogP contribution in [0.25, 0.3) is 0 Å². The van der Waals surface area contributed by atoms with Gasteiger partial charge in [0.25, 0.3) is 0 Å². The van der Waals surface area contributed by atoms with Gasteiger partial charge in [-0.25, -0.2) is 5.84 Å². The van der Waals surface area contributed by atoms with E-state index in [1.165, 1.54) is 7.11 Å². The first-order valence-corrected chi connectivity index (χ1v) is 6.33. The molecular formula is C11H20N6O2. The molecule has 1 aromatic rings. The fourth-order valence-electron chi connectivity index (χ4n) is 2.37. The van der Waals surface area contributed by atoms with Crippen LogP contribution in [0.5, 0.6) is 6.01 Å². The fourth-order valence-corrected chi connectivity index (χ4v) is 2.37. The number of rotatable bonds is 6. The Morgan fingerprint density at radius 3 is 2.53 bits per heavy atom. The van der Waals surface area contributed by atoms with Crippen LogP contribution in [0.1, 0.15) is 25.7 Å². The van der Waals surface area contributed by atoms with E-state index in [9.17, 15) is 5.11 Å². The zero-order valence-corrected chi connectivity index (χ0v) is 11.0. The molecule has 2 rings (SSSR count). The number of hydrazine groups is 1. The number of hydrogen-bond donors (Lipinski definition) is 4. The van der Waals surface area contributed by atoms with Crippen molar-refractivity contribution in [3.8, 4) is 6.01 Å². The molecule has 1 aliphatic rings. The lowest BCUT2D eigenvalue weighted by molar-refractivity contribution is 0.142. The van der Waals surface area contributed by atoms with Gasteiger partial charge in [-0.2, -0.15) is 15.0 Å². The highest BCUT2D eigenvalue weighted by atomic mass is 16.5. The lowest BCUT2D eigenvalue weighted by Crippen LogP contribution is -2.31. The van der Waals surface area contributed by atoms with E-state index in [1.54, 1.807) is 0 Å². The van der Waals surface area contributed by atoms with Crippen LogP contribution >= 0.6 is 0 Å². The van der Waals surface area contributed by atoms with Crippen molar-refractivity contribution in [2.75, 3.05) is 31.0 Å². The van der Waals surface area contributed by atoms with Gasteiger partial charge in [-0.3, -0.25) is 5.43 Å². The number of aromatic nitrogens is 3. The van der Waals surface area contributed by atoms with Gasteiger partial charge in [0.15, 0.2) is 0 Å². The molecule has 1 fully saturated rings. The number of nitrogen functional groups attached to an aromatic ring is 1. The maximum absolute atomic E-state index is 9.55. The summed E-state index contributed by atoms with van der Waals surface area (Å²) >= 11 is 0. The first kappa shape index (κ1) is 13.8. The molecule has 0 atom stereocenters. The summed E-state index contributed by atoms with van der Waals surface area (Å²) in [5.41, 5.74) is 2.29. The molecule has 0 amide bonds. The van der Waals surface area contributed by atoms with Gasteiger partial charge >= 0.3 is 6.01 Å². The van der Waals surface area contributed by atoms with Crippen LogP contribution in [0.3, 0.4) is 0 Å². The second-order valence-corrected chi connectivity index (χ2v) is 4.83. The van der Waals surface area contributed by atoms with Crippen molar-refractivity contribution in [1.29, 1.82) is 0 Å². The summed E-state index contributed by atoms with van der Waals surface area (Å²) in [6, 6.07) is 0.190. The molecule has 0 bridgehead atoms. The van der Waals surface area contributed by atoms with Gasteiger partial charge < -0.3 is 15.2 Å². The minimum atomic E-state index is -0.0732. The van der Waals surface area contributed by atoms with Crippen molar-refractivity contribution >= 4 is 11.9 Å². The SMILES string of the molecule is COc1nc(NN)nc(NCC2(CO)CCCC2)n1. The van der Waals surface area contributed by atoms with Gasteiger partial charge in [-0.15, -0.1) is 0 Å². The number of nitrogens with one attached hydrogen (secondary N) is 2. The van der Waals surface area contributed by atoms with E-state index in [-0.39, 0.29) is 24.0 Å². The van der Waals surface area contributed by atoms with Gasteiger partial charge in [0.1, 0.15) is 0 Å². The highest BCUT2D eigenvalue weighted by molar-refractivity contribution is 5.35. The molecule has 5 N–H and O–H groups in total. The van der Waals surface area contributed by atoms with Crippen LogP contribution in [0, 0.1) is 5.41 Å². The van der Waals surface area contributed by atoms with Crippen molar-refractivity contribution in [1.82, 2.24) is 15.0 Å². The molecule has 1 heterocycles. The Balaban J connectivity index is 2.06. The van der Waals surface area contributed by atoms with Crippen LogP contribution in [0.2, 0.25) is 0 Å². The summed E-state index contributed by atoms with van der Waals surface area (Å²) in [6.07, 6.45) is 4.33. The predicted octanol–water partition coefficient (Wildman–Crippen LogP) is 0.130. The molecule has 0 unspecified atom stereocenters. The van der Waals surface area contributed by atoms with Crippen LogP contribution in [0.15, 0.2) is 0 Å². The van der Waals surface area contributed by atoms with Crippen molar-refractivity contribution < 1.29 is 9.84 Å². The normalized spacial score (nSPS) is 17.2. The highest BCUT2D eigenvalue weighted by Crippen LogP contribution is 2.37. The Hall–Kier alpha value is -1.67. The first-order valence-electron chi connectivity index (χ1n) is 6.33. The van der Waals surface area contributed by atoms with E-state index in [4.69, 9.17) is 10.6 Å². The third kappa shape index (κ3) is 3.21. The monoisotopic (exact) mass is 268 g/mol. The summed E-state index contributed by atoms with van der Waals surface area (Å²) in [6.45, 7) is 0.797. The molecule has 0 spiro atoms. The van der Waals surface area contributed by atoms with Crippen LogP contribution in [-0.4, -0.2) is 40.3 Å². The molecule has 1 saturated carbocycles. The van der Waals surface area contributed by atoms with E-state index in [2.05, 4.69) is 25.7 Å². The largest absolute Gasteiger partial charge is 0.467 e. The lowest BCUT2D eigenvalue weighted by Gasteiger charge is -2.26. The Morgan fingerprint density at radius 1 is 1.26 bits per heavy atom. The predicted molar refractivity (Wildman–Crippen MR) is 70.7 cm³/mol. The van der Waals surface area contributed by atoms with Gasteiger partial charge in [0.05, 0.1) is 13.7 Å². The van der Waals surface area contributed by atoms with Crippen LogP contribution < -0.4 is 21.3 Å². The van der Waals surface area contributed by atoms with Crippen LogP contribution in [-0.2, 0) is 0 Å². The topological polar surface area (TPSA) is 118 Å². The third-order valence-corrected chi connectivity index (χ3v) is 3.55. The average Bonchev–Trinajstić information content (AvgIpc) is 2.94. The molecule has 8 nitrogen and oxygen atoms in total. The minimum absolute atomic E-state index is 0.0732. The molecule has 8 heteroatoms. The second kappa shape index (κ2) is 5.98. The smallest absolute Gasteiger partial charge is 0.322 e. The quantitative estimate of drug-likeness (QED) is 0.425. The number of anilines is 2.